The van der Waals surface area contributed by atoms with Crippen LogP contribution >= 0.6 is 0 Å². The van der Waals surface area contributed by atoms with Crippen molar-refractivity contribution in [2.24, 2.45) is 5.73 Å². The molecule has 0 rings (SSSR count). The Balaban J connectivity index is 3.38. The molecule has 1 unspecified atom stereocenters. The van der Waals surface area contributed by atoms with Crippen LogP contribution in [-0.2, 0) is 0 Å². The van der Waals surface area contributed by atoms with Crippen LogP contribution in [0.2, 0.25) is 0 Å². The highest BCUT2D eigenvalue weighted by Crippen LogP contribution is 1.51. The molecule has 0 radical (unpaired) electrons. The standard InChI is InChI=1S/C10H27N5/c1-12-4-5-14-7-10-15(8-3-11)9-6-13-2/h12-14H,3-11H2,1-2H3/p+2. The normalized spacial score (nSPS) is 13.0. The predicted octanol–water partition coefficient (Wildman–Crippen LogP) is -4.17. The monoisotopic (exact) mass is 219 g/mol. The molecule has 0 aliphatic carbocycles. The van der Waals surface area contributed by atoms with Crippen molar-refractivity contribution in [1.82, 2.24) is 10.6 Å². The van der Waals surface area contributed by atoms with E-state index in [1.807, 2.05) is 14.1 Å². The third-order valence-corrected chi connectivity index (χ3v) is 2.53. The zero-order chi connectivity index (χ0) is 11.4. The van der Waals surface area contributed by atoms with E-state index in [4.69, 9.17) is 5.73 Å². The van der Waals surface area contributed by atoms with Crippen molar-refractivity contribution in [3.05, 3.63) is 0 Å². The first-order valence-corrected chi connectivity index (χ1v) is 5.99. The van der Waals surface area contributed by atoms with Gasteiger partial charge in [0.25, 0.3) is 0 Å². The van der Waals surface area contributed by atoms with E-state index in [1.54, 1.807) is 4.90 Å². The van der Waals surface area contributed by atoms with Crippen LogP contribution in [0.1, 0.15) is 0 Å². The van der Waals surface area contributed by atoms with Gasteiger partial charge in [-0.05, 0) is 14.1 Å². The van der Waals surface area contributed by atoms with Crippen molar-refractivity contribution in [3.8, 4) is 0 Å². The molecule has 0 fully saturated rings. The van der Waals surface area contributed by atoms with Gasteiger partial charge in [0.15, 0.2) is 0 Å². The van der Waals surface area contributed by atoms with Crippen LogP contribution in [-0.4, -0.2) is 66.5 Å². The minimum absolute atomic E-state index is 0.787. The first-order chi connectivity index (χ1) is 7.35. The molecule has 7 N–H and O–H groups in total. The average molecular weight is 219 g/mol. The Morgan fingerprint density at radius 2 is 1.73 bits per heavy atom. The van der Waals surface area contributed by atoms with E-state index >= 15 is 0 Å². The summed E-state index contributed by atoms with van der Waals surface area (Å²) in [7, 11) is 3.99. The first-order valence-electron chi connectivity index (χ1n) is 5.99. The minimum atomic E-state index is 0.787. The second kappa shape index (κ2) is 11.9. The molecule has 0 bridgehead atoms. The lowest BCUT2D eigenvalue weighted by Gasteiger charge is -2.17. The Kier molecular flexibility index (Phi) is 11.7. The fourth-order valence-corrected chi connectivity index (χ4v) is 1.58. The first kappa shape index (κ1) is 14.8. The molecule has 1 atom stereocenters. The Morgan fingerprint density at radius 1 is 1.00 bits per heavy atom. The molecule has 5 heteroatoms. The summed E-state index contributed by atoms with van der Waals surface area (Å²) in [6, 6.07) is 0. The summed E-state index contributed by atoms with van der Waals surface area (Å²) in [6.07, 6.45) is 0. The molecule has 0 aromatic carbocycles. The van der Waals surface area contributed by atoms with Crippen molar-refractivity contribution in [2.45, 2.75) is 0 Å². The van der Waals surface area contributed by atoms with E-state index in [2.05, 4.69) is 16.0 Å². The van der Waals surface area contributed by atoms with Crippen LogP contribution in [0.15, 0.2) is 0 Å². The predicted molar refractivity (Wildman–Crippen MR) is 64.1 cm³/mol. The van der Waals surface area contributed by atoms with E-state index in [0.29, 0.717) is 0 Å². The summed E-state index contributed by atoms with van der Waals surface area (Å²) in [5, 5.41) is 8.70. The van der Waals surface area contributed by atoms with Crippen molar-refractivity contribution in [3.63, 3.8) is 0 Å². The lowest BCUT2D eigenvalue weighted by atomic mass is 10.4. The fraction of sp³-hybridized carbons (Fsp3) is 1.00. The SMILES string of the molecule is CNCC[NH2+]CC[NH+](CCN)CCNC. The van der Waals surface area contributed by atoms with Gasteiger partial charge in [-0.1, -0.05) is 0 Å². The number of quaternary nitrogens is 2. The highest BCUT2D eigenvalue weighted by molar-refractivity contribution is 4.37. The van der Waals surface area contributed by atoms with Gasteiger partial charge in [-0.15, -0.1) is 0 Å². The Bertz CT molecular complexity index is 120. The average Bonchev–Trinajstić information content (AvgIpc) is 2.25. The molecule has 0 saturated carbocycles. The molecule has 5 nitrogen and oxygen atoms in total. The van der Waals surface area contributed by atoms with Crippen molar-refractivity contribution in [2.75, 3.05) is 66.5 Å². The molecule has 15 heavy (non-hydrogen) atoms. The summed E-state index contributed by atoms with van der Waals surface area (Å²) in [5.74, 6) is 0. The molecule has 0 aromatic rings. The van der Waals surface area contributed by atoms with Gasteiger partial charge >= 0.3 is 0 Å². The quantitative estimate of drug-likeness (QED) is 0.229. The molecule has 92 valence electrons. The molecule has 0 saturated heterocycles. The minimum Gasteiger partial charge on any atom is -0.341 e. The van der Waals surface area contributed by atoms with E-state index in [1.165, 1.54) is 26.2 Å². The Labute approximate surface area is 93.8 Å². The third kappa shape index (κ3) is 10.1. The molecular formula is C10H29N5+2. The van der Waals surface area contributed by atoms with Crippen molar-refractivity contribution < 1.29 is 10.2 Å². The van der Waals surface area contributed by atoms with Crippen LogP contribution in [0.5, 0.6) is 0 Å². The van der Waals surface area contributed by atoms with Gasteiger partial charge in [0, 0.05) is 19.6 Å². The number of nitrogens with two attached hydrogens (primary N) is 2. The molecule has 0 aliphatic rings. The van der Waals surface area contributed by atoms with Crippen LogP contribution in [0.3, 0.4) is 0 Å². The van der Waals surface area contributed by atoms with Gasteiger partial charge in [0.1, 0.15) is 13.1 Å². The molecule has 0 aromatic heterocycles. The molecule has 0 aliphatic heterocycles. The van der Waals surface area contributed by atoms with Crippen molar-refractivity contribution >= 4 is 0 Å². The van der Waals surface area contributed by atoms with Gasteiger partial charge in [-0.25, -0.2) is 0 Å². The number of hydrogen-bond acceptors (Lipinski definition) is 3. The Hall–Kier alpha value is -0.200. The molecule has 0 amide bonds. The van der Waals surface area contributed by atoms with Crippen LogP contribution in [0.4, 0.5) is 0 Å². The number of rotatable bonds is 11. The zero-order valence-electron chi connectivity index (χ0n) is 10.3. The van der Waals surface area contributed by atoms with E-state index < -0.39 is 0 Å². The summed E-state index contributed by atoms with van der Waals surface area (Å²) in [4.78, 5) is 1.60. The highest BCUT2D eigenvalue weighted by atomic mass is 15.2. The van der Waals surface area contributed by atoms with Gasteiger partial charge in [0.05, 0.1) is 19.6 Å². The second-order valence-corrected chi connectivity index (χ2v) is 3.86. The summed E-state index contributed by atoms with van der Waals surface area (Å²) < 4.78 is 0. The largest absolute Gasteiger partial charge is 0.341 e. The summed E-state index contributed by atoms with van der Waals surface area (Å²) in [6.45, 7) is 8.78. The van der Waals surface area contributed by atoms with Crippen LogP contribution < -0.4 is 26.6 Å². The summed E-state index contributed by atoms with van der Waals surface area (Å²) >= 11 is 0. The maximum absolute atomic E-state index is 5.59. The summed E-state index contributed by atoms with van der Waals surface area (Å²) in [5.41, 5.74) is 5.59. The zero-order valence-corrected chi connectivity index (χ0v) is 10.3. The maximum Gasteiger partial charge on any atom is 0.127 e. The number of likely N-dealkylation sites (N-methyl/N-ethyl adjacent to an activating group) is 2. The number of hydrogen-bond donors (Lipinski definition) is 5. The van der Waals surface area contributed by atoms with Gasteiger partial charge in [-0.2, -0.15) is 0 Å². The number of nitrogens with one attached hydrogen (secondary N) is 3. The lowest BCUT2D eigenvalue weighted by molar-refractivity contribution is -0.910. The van der Waals surface area contributed by atoms with Gasteiger partial charge in [-0.3, -0.25) is 0 Å². The van der Waals surface area contributed by atoms with Gasteiger partial charge < -0.3 is 26.6 Å². The topological polar surface area (TPSA) is 71.1 Å². The lowest BCUT2D eigenvalue weighted by Crippen LogP contribution is -3.16. The second-order valence-electron chi connectivity index (χ2n) is 3.86. The van der Waals surface area contributed by atoms with Crippen LogP contribution in [0.25, 0.3) is 0 Å². The molecule has 0 spiro atoms. The smallest absolute Gasteiger partial charge is 0.127 e. The Morgan fingerprint density at radius 3 is 2.33 bits per heavy atom. The highest BCUT2D eigenvalue weighted by Gasteiger charge is 2.06. The van der Waals surface area contributed by atoms with E-state index in [-0.39, 0.29) is 0 Å². The molecular weight excluding hydrogens is 190 g/mol. The van der Waals surface area contributed by atoms with E-state index in [0.717, 1.165) is 26.2 Å². The molecule has 0 heterocycles. The fourth-order valence-electron chi connectivity index (χ4n) is 1.58. The third-order valence-electron chi connectivity index (χ3n) is 2.53. The maximum atomic E-state index is 5.59. The van der Waals surface area contributed by atoms with E-state index in [9.17, 15) is 0 Å². The van der Waals surface area contributed by atoms with Crippen LogP contribution in [0, 0.1) is 0 Å². The van der Waals surface area contributed by atoms with Gasteiger partial charge in [0.2, 0.25) is 0 Å². The van der Waals surface area contributed by atoms with Crippen molar-refractivity contribution in [1.29, 1.82) is 0 Å².